The largest absolute Gasteiger partial charge is 0.445 e. The molecule has 2 heterocycles. The number of rotatable bonds is 4. The van der Waals surface area contributed by atoms with Crippen molar-refractivity contribution in [3.8, 4) is 0 Å². The number of fused-ring (bicyclic) bond motifs is 1. The molecule has 5 nitrogen and oxygen atoms in total. The second-order valence-corrected chi connectivity index (χ2v) is 7.35. The number of carbonyl (C=O) groups is 2. The number of aliphatic imine (C=N–C) groups is 1. The van der Waals surface area contributed by atoms with Gasteiger partial charge < -0.3 is 4.74 Å². The number of thiophene rings is 1. The molecule has 140 valence electrons. The highest BCUT2D eigenvalue weighted by atomic mass is 32.1. The minimum atomic E-state index is -0.974. The molecule has 6 heteroatoms. The molecule has 0 bridgehead atoms. The van der Waals surface area contributed by atoms with E-state index in [2.05, 4.69) is 10.3 Å². The predicted octanol–water partition coefficient (Wildman–Crippen LogP) is 3.96. The maximum Gasteiger partial charge on any atom is 0.409 e. The van der Waals surface area contributed by atoms with Crippen LogP contribution in [0.2, 0.25) is 0 Å². The van der Waals surface area contributed by atoms with Crippen molar-refractivity contribution < 1.29 is 14.3 Å². The maximum atomic E-state index is 12.7. The third-order valence-electron chi connectivity index (χ3n) is 4.41. The van der Waals surface area contributed by atoms with E-state index in [1.165, 1.54) is 11.3 Å². The molecular weight excluding hydrogens is 372 g/mol. The highest BCUT2D eigenvalue weighted by molar-refractivity contribution is 7.10. The molecule has 0 radical (unpaired) electrons. The second kappa shape index (κ2) is 8.19. The number of ether oxygens (including phenoxy) is 1. The summed E-state index contributed by atoms with van der Waals surface area (Å²) in [5.41, 5.74) is 3.42. The van der Waals surface area contributed by atoms with Gasteiger partial charge >= 0.3 is 6.09 Å². The number of hydrogen-bond acceptors (Lipinski definition) is 5. The van der Waals surface area contributed by atoms with E-state index in [4.69, 9.17) is 4.74 Å². The number of alkyl carbamates (subject to hydrolysis) is 1. The molecule has 2 aromatic carbocycles. The van der Waals surface area contributed by atoms with Crippen LogP contribution in [-0.4, -0.2) is 23.8 Å². The van der Waals surface area contributed by atoms with Crippen LogP contribution in [0, 0.1) is 0 Å². The van der Waals surface area contributed by atoms with Gasteiger partial charge in [0.25, 0.3) is 0 Å². The molecule has 4 rings (SSSR count). The monoisotopic (exact) mass is 390 g/mol. The number of hydrogen-bond donors (Lipinski definition) is 1. The zero-order chi connectivity index (χ0) is 19.3. The van der Waals surface area contributed by atoms with E-state index < -0.39 is 12.3 Å². The third-order valence-corrected chi connectivity index (χ3v) is 5.33. The summed E-state index contributed by atoms with van der Waals surface area (Å²) >= 11 is 1.52. The lowest BCUT2D eigenvalue weighted by atomic mass is 10.0. The van der Waals surface area contributed by atoms with Crippen LogP contribution in [0.3, 0.4) is 0 Å². The summed E-state index contributed by atoms with van der Waals surface area (Å²) in [5, 5.41) is 4.57. The SMILES string of the molecule is O=C(NC1N=C(c2ccccc2)c2ccsc2CC1=O)OCc1ccccc1. The number of nitrogens with zero attached hydrogens (tertiary/aromatic N) is 1. The Morgan fingerprint density at radius 1 is 1.07 bits per heavy atom. The molecule has 1 atom stereocenters. The molecule has 1 aromatic heterocycles. The van der Waals surface area contributed by atoms with Gasteiger partial charge in [-0.3, -0.25) is 15.1 Å². The Kier molecular flexibility index (Phi) is 5.30. The highest BCUT2D eigenvalue weighted by Gasteiger charge is 2.28. The molecule has 0 spiro atoms. The van der Waals surface area contributed by atoms with E-state index in [1.54, 1.807) is 0 Å². The lowest BCUT2D eigenvalue weighted by molar-refractivity contribution is -0.120. The quantitative estimate of drug-likeness (QED) is 0.733. The van der Waals surface area contributed by atoms with Crippen LogP contribution in [0.4, 0.5) is 4.79 Å². The van der Waals surface area contributed by atoms with Crippen molar-refractivity contribution in [1.29, 1.82) is 0 Å². The van der Waals surface area contributed by atoms with E-state index >= 15 is 0 Å². The third kappa shape index (κ3) is 4.02. The number of nitrogens with one attached hydrogen (secondary N) is 1. The van der Waals surface area contributed by atoms with Crippen LogP contribution >= 0.6 is 11.3 Å². The summed E-state index contributed by atoms with van der Waals surface area (Å²) in [6, 6.07) is 21.0. The number of amides is 1. The first-order valence-electron chi connectivity index (χ1n) is 8.90. The first-order valence-corrected chi connectivity index (χ1v) is 9.78. The van der Waals surface area contributed by atoms with Gasteiger partial charge in [0.2, 0.25) is 0 Å². The van der Waals surface area contributed by atoms with Crippen molar-refractivity contribution in [3.63, 3.8) is 0 Å². The summed E-state index contributed by atoms with van der Waals surface area (Å²) in [7, 11) is 0. The Bertz CT molecular complexity index is 1010. The van der Waals surface area contributed by atoms with E-state index in [1.807, 2.05) is 72.1 Å². The molecule has 0 fully saturated rings. The molecule has 0 saturated heterocycles. The minimum absolute atomic E-state index is 0.135. The van der Waals surface area contributed by atoms with Crippen molar-refractivity contribution in [3.05, 3.63) is 93.7 Å². The fourth-order valence-electron chi connectivity index (χ4n) is 3.03. The smallest absolute Gasteiger partial charge is 0.409 e. The Labute approximate surface area is 166 Å². The van der Waals surface area contributed by atoms with Crippen molar-refractivity contribution in [2.75, 3.05) is 0 Å². The Hall–Kier alpha value is -3.25. The van der Waals surface area contributed by atoms with Crippen LogP contribution < -0.4 is 5.32 Å². The maximum absolute atomic E-state index is 12.7. The highest BCUT2D eigenvalue weighted by Crippen LogP contribution is 2.25. The Morgan fingerprint density at radius 2 is 1.79 bits per heavy atom. The van der Waals surface area contributed by atoms with Gasteiger partial charge in [0.05, 0.1) is 5.71 Å². The van der Waals surface area contributed by atoms with Crippen molar-refractivity contribution >= 4 is 28.9 Å². The molecule has 3 aromatic rings. The van der Waals surface area contributed by atoms with Crippen LogP contribution in [0.25, 0.3) is 0 Å². The first kappa shape index (κ1) is 18.1. The topological polar surface area (TPSA) is 67.8 Å². The van der Waals surface area contributed by atoms with Crippen molar-refractivity contribution in [2.45, 2.75) is 19.2 Å². The lowest BCUT2D eigenvalue weighted by Crippen LogP contribution is -2.40. The van der Waals surface area contributed by atoms with E-state index in [0.29, 0.717) is 5.71 Å². The van der Waals surface area contributed by atoms with Crippen LogP contribution in [0.15, 0.2) is 77.1 Å². The predicted molar refractivity (Wildman–Crippen MR) is 109 cm³/mol. The van der Waals surface area contributed by atoms with Gasteiger partial charge in [0.1, 0.15) is 6.61 Å². The molecule has 0 saturated carbocycles. The molecular formula is C22H18N2O3S. The second-order valence-electron chi connectivity index (χ2n) is 6.35. The van der Waals surface area contributed by atoms with Gasteiger partial charge in [0, 0.05) is 22.4 Å². The van der Waals surface area contributed by atoms with Crippen molar-refractivity contribution in [1.82, 2.24) is 5.32 Å². The summed E-state index contributed by atoms with van der Waals surface area (Å²) in [6.45, 7) is 0.135. The van der Waals surface area contributed by atoms with Gasteiger partial charge in [-0.05, 0) is 17.0 Å². The van der Waals surface area contributed by atoms with Gasteiger partial charge in [0.15, 0.2) is 11.9 Å². The van der Waals surface area contributed by atoms with Gasteiger partial charge in [-0.15, -0.1) is 11.3 Å². The lowest BCUT2D eigenvalue weighted by Gasteiger charge is -2.13. The average Bonchev–Trinajstić information content (AvgIpc) is 3.13. The normalized spacial score (nSPS) is 15.9. The standard InChI is InChI=1S/C22H18N2O3S/c25-18-13-19-17(11-12-28-19)20(16-9-5-2-6-10-16)23-21(18)24-22(26)27-14-15-7-3-1-4-8-15/h1-12,21H,13-14H2,(H,24,26). The van der Waals surface area contributed by atoms with Crippen LogP contribution in [0.5, 0.6) is 0 Å². The summed E-state index contributed by atoms with van der Waals surface area (Å²) in [4.78, 5) is 30.5. The number of Topliss-reactive ketones (excluding diaryl/α,β-unsaturated/α-hetero) is 1. The Morgan fingerprint density at radius 3 is 2.54 bits per heavy atom. The van der Waals surface area contributed by atoms with Crippen molar-refractivity contribution in [2.24, 2.45) is 4.99 Å². The van der Waals surface area contributed by atoms with E-state index in [9.17, 15) is 9.59 Å². The van der Waals surface area contributed by atoms with E-state index in [0.717, 1.165) is 21.6 Å². The summed E-state index contributed by atoms with van der Waals surface area (Å²) < 4.78 is 5.25. The fourth-order valence-corrected chi connectivity index (χ4v) is 3.91. The van der Waals surface area contributed by atoms with Gasteiger partial charge in [-0.2, -0.15) is 0 Å². The summed E-state index contributed by atoms with van der Waals surface area (Å²) in [6.07, 6.45) is -1.40. The molecule has 1 aliphatic heterocycles. The number of ketones is 1. The molecule has 1 amide bonds. The van der Waals surface area contributed by atoms with Crippen LogP contribution in [-0.2, 0) is 22.6 Å². The van der Waals surface area contributed by atoms with Gasteiger partial charge in [-0.1, -0.05) is 60.7 Å². The van der Waals surface area contributed by atoms with Gasteiger partial charge in [-0.25, -0.2) is 4.79 Å². The first-order chi connectivity index (χ1) is 13.7. The summed E-state index contributed by atoms with van der Waals surface area (Å²) in [5.74, 6) is -0.161. The van der Waals surface area contributed by atoms with E-state index in [-0.39, 0.29) is 18.8 Å². The molecule has 1 N–H and O–H groups in total. The zero-order valence-corrected chi connectivity index (χ0v) is 15.8. The molecule has 28 heavy (non-hydrogen) atoms. The zero-order valence-electron chi connectivity index (χ0n) is 15.0. The Balaban J connectivity index is 1.55. The average molecular weight is 390 g/mol. The molecule has 0 aliphatic carbocycles. The minimum Gasteiger partial charge on any atom is -0.445 e. The molecule has 1 aliphatic rings. The number of carbonyl (C=O) groups excluding carboxylic acids is 2. The number of benzene rings is 2. The van der Waals surface area contributed by atoms with Crippen LogP contribution in [0.1, 0.15) is 21.6 Å². The molecule has 1 unspecified atom stereocenters. The fraction of sp³-hybridized carbons (Fsp3) is 0.136.